The van der Waals surface area contributed by atoms with Crippen LogP contribution in [0.4, 0.5) is 0 Å². The van der Waals surface area contributed by atoms with E-state index in [9.17, 15) is 0 Å². The molecule has 0 N–H and O–H groups in total. The summed E-state index contributed by atoms with van der Waals surface area (Å²) in [6.07, 6.45) is 2.28. The molecule has 1 aromatic carbocycles. The fraction of sp³-hybridized carbons (Fsp3) is 0.571. The van der Waals surface area contributed by atoms with Crippen LogP contribution in [0.2, 0.25) is 0 Å². The van der Waals surface area contributed by atoms with Crippen LogP contribution in [0.15, 0.2) is 18.2 Å². The molecule has 2 aliphatic rings. The number of hydrogen-bond acceptors (Lipinski definition) is 4. The predicted octanol–water partition coefficient (Wildman–Crippen LogP) is 3.88. The van der Waals surface area contributed by atoms with Gasteiger partial charge in [-0.25, -0.2) is 4.67 Å². The highest BCUT2D eigenvalue weighted by Crippen LogP contribution is 2.65. The summed E-state index contributed by atoms with van der Waals surface area (Å²) in [6.45, 7) is 3.14. The van der Waals surface area contributed by atoms with E-state index in [4.69, 9.17) is 25.2 Å². The Bertz CT molecular complexity index is 515. The second kappa shape index (κ2) is 5.34. The van der Waals surface area contributed by atoms with Crippen molar-refractivity contribution in [3.8, 4) is 11.5 Å². The van der Waals surface area contributed by atoms with E-state index in [0.29, 0.717) is 6.04 Å². The van der Waals surface area contributed by atoms with E-state index in [0.717, 1.165) is 30.0 Å². The molecule has 4 nitrogen and oxygen atoms in total. The zero-order valence-electron chi connectivity index (χ0n) is 11.9. The number of ether oxygens (including phenoxy) is 2. The molecule has 0 radical (unpaired) electrons. The molecule has 3 atom stereocenters. The maximum absolute atomic E-state index is 6.40. The van der Waals surface area contributed by atoms with E-state index < -0.39 is 13.3 Å². The van der Waals surface area contributed by atoms with Crippen molar-refractivity contribution in [1.29, 1.82) is 0 Å². The van der Waals surface area contributed by atoms with Crippen LogP contribution in [-0.4, -0.2) is 31.5 Å². The fourth-order valence-electron chi connectivity index (χ4n) is 3.21. The van der Waals surface area contributed by atoms with Gasteiger partial charge in [0.25, 0.3) is 0 Å². The highest BCUT2D eigenvalue weighted by Gasteiger charge is 2.54. The van der Waals surface area contributed by atoms with Gasteiger partial charge < -0.3 is 14.0 Å². The third-order valence-electron chi connectivity index (χ3n) is 4.27. The zero-order chi connectivity index (χ0) is 14.3. The molecule has 20 heavy (non-hydrogen) atoms. The Morgan fingerprint density at radius 2 is 2.20 bits per heavy atom. The lowest BCUT2D eigenvalue weighted by Crippen LogP contribution is -2.37. The number of halogens is 1. The van der Waals surface area contributed by atoms with Gasteiger partial charge in [0.2, 0.25) is 7.65 Å². The maximum Gasteiger partial charge on any atom is 0.208 e. The smallest absolute Gasteiger partial charge is 0.208 e. The average Bonchev–Trinajstić information content (AvgIpc) is 3.03. The molecular formula is C14H19ClNO3P. The highest BCUT2D eigenvalue weighted by atomic mass is 35.7. The lowest BCUT2D eigenvalue weighted by molar-refractivity contribution is 0.0863. The Morgan fingerprint density at radius 1 is 1.40 bits per heavy atom. The summed E-state index contributed by atoms with van der Waals surface area (Å²) in [5.41, 5.74) is 0.630. The van der Waals surface area contributed by atoms with Gasteiger partial charge in [0.05, 0.1) is 20.3 Å². The highest BCUT2D eigenvalue weighted by molar-refractivity contribution is 7.78. The number of fused-ring (bicyclic) bond motifs is 1. The normalized spacial score (nSPS) is 33.2. The Hall–Kier alpha value is -0.540. The van der Waals surface area contributed by atoms with Crippen LogP contribution in [0.1, 0.15) is 25.3 Å². The largest absolute Gasteiger partial charge is 0.497 e. The van der Waals surface area contributed by atoms with E-state index in [-0.39, 0.29) is 0 Å². The van der Waals surface area contributed by atoms with Crippen molar-refractivity contribution in [2.45, 2.75) is 31.4 Å². The van der Waals surface area contributed by atoms with Crippen molar-refractivity contribution >= 4 is 18.9 Å². The molecule has 2 heterocycles. The van der Waals surface area contributed by atoms with Crippen molar-refractivity contribution < 1.29 is 14.0 Å². The van der Waals surface area contributed by atoms with Crippen molar-refractivity contribution in [2.24, 2.45) is 0 Å². The van der Waals surface area contributed by atoms with Gasteiger partial charge in [0.1, 0.15) is 17.1 Å². The van der Waals surface area contributed by atoms with Crippen LogP contribution in [0.3, 0.4) is 0 Å². The Morgan fingerprint density at radius 3 is 2.90 bits per heavy atom. The number of benzene rings is 1. The number of hydrogen-bond donors (Lipinski definition) is 0. The van der Waals surface area contributed by atoms with Gasteiger partial charge in [-0.3, -0.25) is 0 Å². The fourth-order valence-corrected chi connectivity index (χ4v) is 5.67. The predicted molar refractivity (Wildman–Crippen MR) is 80.5 cm³/mol. The van der Waals surface area contributed by atoms with Gasteiger partial charge in [-0.1, -0.05) is 0 Å². The van der Waals surface area contributed by atoms with Crippen molar-refractivity contribution in [2.75, 3.05) is 20.8 Å². The van der Waals surface area contributed by atoms with E-state index in [2.05, 4.69) is 11.6 Å². The molecule has 3 rings (SSSR count). The quantitative estimate of drug-likeness (QED) is 0.792. The van der Waals surface area contributed by atoms with Crippen LogP contribution in [0.5, 0.6) is 11.5 Å². The number of methoxy groups -OCH3 is 2. The third kappa shape index (κ3) is 2.10. The summed E-state index contributed by atoms with van der Waals surface area (Å²) >= 11 is 6.40. The Balaban J connectivity index is 2.03. The minimum Gasteiger partial charge on any atom is -0.497 e. The standard InChI is InChI=1S/C14H19ClNO3P/c1-14(13-5-4-8-16(13)20(15)19-14)11-7-6-10(17-2)9-12(11)18-3/h6-7,9,13H,4-5,8H2,1-3H3/t13-,14+,20?/m0/s1. The van der Waals surface area contributed by atoms with Crippen molar-refractivity contribution in [1.82, 2.24) is 4.67 Å². The van der Waals surface area contributed by atoms with Gasteiger partial charge in [0, 0.05) is 18.2 Å². The molecule has 1 unspecified atom stereocenters. The SMILES string of the molecule is COc1ccc([C@@]2(C)OP(Cl)N3CCC[C@H]32)c(OC)c1. The lowest BCUT2D eigenvalue weighted by atomic mass is 9.86. The minimum atomic E-state index is -1.03. The van der Waals surface area contributed by atoms with Gasteiger partial charge >= 0.3 is 0 Å². The van der Waals surface area contributed by atoms with Gasteiger partial charge in [-0.05, 0) is 43.1 Å². The molecule has 2 fully saturated rings. The molecular weight excluding hydrogens is 297 g/mol. The van der Waals surface area contributed by atoms with Crippen molar-refractivity contribution in [3.63, 3.8) is 0 Å². The lowest BCUT2D eigenvalue weighted by Gasteiger charge is -2.30. The van der Waals surface area contributed by atoms with Gasteiger partial charge in [0.15, 0.2) is 0 Å². The molecule has 2 aliphatic heterocycles. The molecule has 0 amide bonds. The van der Waals surface area contributed by atoms with Crippen LogP contribution >= 0.6 is 18.9 Å². The Labute approximate surface area is 125 Å². The van der Waals surface area contributed by atoms with Crippen LogP contribution < -0.4 is 9.47 Å². The molecule has 110 valence electrons. The second-order valence-electron chi connectivity index (χ2n) is 5.31. The summed E-state index contributed by atoms with van der Waals surface area (Å²) < 4.78 is 19.2. The van der Waals surface area contributed by atoms with Crippen LogP contribution in [0.25, 0.3) is 0 Å². The molecule has 6 heteroatoms. The van der Waals surface area contributed by atoms with Crippen molar-refractivity contribution in [3.05, 3.63) is 23.8 Å². The van der Waals surface area contributed by atoms with Gasteiger partial charge in [-0.15, -0.1) is 0 Å². The molecule has 2 saturated heterocycles. The van der Waals surface area contributed by atoms with Crippen LogP contribution in [-0.2, 0) is 10.1 Å². The number of rotatable bonds is 3. The first kappa shape index (κ1) is 14.4. The average molecular weight is 316 g/mol. The first-order valence-electron chi connectivity index (χ1n) is 6.74. The summed E-state index contributed by atoms with van der Waals surface area (Å²) in [7, 11) is 2.30. The zero-order valence-corrected chi connectivity index (χ0v) is 13.6. The monoisotopic (exact) mass is 315 g/mol. The molecule has 0 spiro atoms. The first-order valence-corrected chi connectivity index (χ1v) is 8.86. The molecule has 1 aromatic rings. The third-order valence-corrected chi connectivity index (χ3v) is 6.47. The van der Waals surface area contributed by atoms with Gasteiger partial charge in [-0.2, -0.15) is 0 Å². The summed E-state index contributed by atoms with van der Waals surface area (Å²) in [5, 5.41) is 0. The molecule has 0 bridgehead atoms. The van der Waals surface area contributed by atoms with Crippen LogP contribution in [0, 0.1) is 0 Å². The maximum atomic E-state index is 6.40. The Kier molecular flexibility index (Phi) is 3.85. The topological polar surface area (TPSA) is 30.9 Å². The minimum absolute atomic E-state index is 0.327. The summed E-state index contributed by atoms with van der Waals surface area (Å²) in [5.74, 6) is 1.57. The summed E-state index contributed by atoms with van der Waals surface area (Å²) in [4.78, 5) is 0. The van der Waals surface area contributed by atoms with E-state index in [1.54, 1.807) is 14.2 Å². The molecule has 0 saturated carbocycles. The second-order valence-corrected chi connectivity index (χ2v) is 7.33. The first-order chi connectivity index (χ1) is 9.60. The van der Waals surface area contributed by atoms with E-state index in [1.165, 1.54) is 6.42 Å². The summed E-state index contributed by atoms with van der Waals surface area (Å²) in [6, 6.07) is 6.20. The molecule has 0 aliphatic carbocycles. The van der Waals surface area contributed by atoms with E-state index >= 15 is 0 Å². The number of nitrogens with zero attached hydrogens (tertiary/aromatic N) is 1. The van der Waals surface area contributed by atoms with E-state index in [1.807, 2.05) is 18.2 Å². The molecule has 0 aromatic heterocycles.